The summed E-state index contributed by atoms with van der Waals surface area (Å²) in [6.45, 7) is 0. The van der Waals surface area contributed by atoms with Crippen molar-refractivity contribution in [1.82, 2.24) is 0 Å². The second-order valence-corrected chi connectivity index (χ2v) is 5.64. The Morgan fingerprint density at radius 1 is 1.47 bits per heavy atom. The average Bonchev–Trinajstić information content (AvgIpc) is 2.09. The lowest BCUT2D eigenvalue weighted by Crippen LogP contribution is -2.03. The van der Waals surface area contributed by atoms with Gasteiger partial charge in [0.15, 0.2) is 9.84 Å². The summed E-state index contributed by atoms with van der Waals surface area (Å²) in [4.78, 5) is 9.95. The fourth-order valence-corrected chi connectivity index (χ4v) is 2.94. The molecule has 0 fully saturated rings. The molecule has 1 aromatic rings. The maximum atomic E-state index is 13.2. The van der Waals surface area contributed by atoms with Gasteiger partial charge in [0, 0.05) is 10.7 Å². The molecule has 0 bridgehead atoms. The van der Waals surface area contributed by atoms with Crippen LogP contribution in [-0.2, 0) is 14.6 Å². The summed E-state index contributed by atoms with van der Waals surface area (Å²) >= 11 is 2.99. The van der Waals surface area contributed by atoms with Gasteiger partial charge in [-0.2, -0.15) is 0 Å². The van der Waals surface area contributed by atoms with Gasteiger partial charge in [-0.15, -0.1) is 0 Å². The molecule has 7 heteroatoms. The Balaban J connectivity index is 3.38. The van der Waals surface area contributed by atoms with Crippen molar-refractivity contribution in [2.75, 3.05) is 11.6 Å². The standard InChI is InChI=1S/C8H7BrFNO3S/c1-15(13,14)8-3-6(10)7(11-4-12)2-5(8)9/h2-4H,1H3,(H,11,12). The molecule has 1 N–H and O–H groups in total. The third-order valence-corrected chi connectivity index (χ3v) is 3.69. The minimum atomic E-state index is -3.49. The van der Waals surface area contributed by atoms with Crippen LogP contribution in [0.3, 0.4) is 0 Å². The quantitative estimate of drug-likeness (QED) is 0.861. The van der Waals surface area contributed by atoms with Gasteiger partial charge in [0.1, 0.15) is 5.82 Å². The van der Waals surface area contributed by atoms with E-state index in [0.29, 0.717) is 6.41 Å². The van der Waals surface area contributed by atoms with Crippen LogP contribution in [0.1, 0.15) is 0 Å². The SMILES string of the molecule is CS(=O)(=O)c1cc(F)c(NC=O)cc1Br. The molecule has 0 saturated heterocycles. The molecule has 1 rings (SSSR count). The van der Waals surface area contributed by atoms with E-state index in [0.717, 1.165) is 12.3 Å². The van der Waals surface area contributed by atoms with Gasteiger partial charge in [-0.25, -0.2) is 12.8 Å². The molecule has 0 aromatic heterocycles. The highest BCUT2D eigenvalue weighted by atomic mass is 79.9. The molecule has 4 nitrogen and oxygen atoms in total. The lowest BCUT2D eigenvalue weighted by molar-refractivity contribution is -0.105. The molecule has 0 unspecified atom stereocenters. The van der Waals surface area contributed by atoms with Crippen LogP contribution in [0.5, 0.6) is 0 Å². The monoisotopic (exact) mass is 295 g/mol. The van der Waals surface area contributed by atoms with Crippen LogP contribution in [0.25, 0.3) is 0 Å². The minimum absolute atomic E-state index is 0.0794. The topological polar surface area (TPSA) is 63.2 Å². The largest absolute Gasteiger partial charge is 0.326 e. The van der Waals surface area contributed by atoms with E-state index in [1.54, 1.807) is 0 Å². The molecule has 0 aliphatic heterocycles. The summed E-state index contributed by atoms with van der Waals surface area (Å²) in [6.07, 6.45) is 1.28. The van der Waals surface area contributed by atoms with Crippen molar-refractivity contribution in [3.8, 4) is 0 Å². The fourth-order valence-electron chi connectivity index (χ4n) is 0.987. The summed E-state index contributed by atoms with van der Waals surface area (Å²) in [5, 5.41) is 2.11. The number of rotatable bonds is 3. The van der Waals surface area contributed by atoms with Gasteiger partial charge in [0.25, 0.3) is 0 Å². The third kappa shape index (κ3) is 2.75. The maximum Gasteiger partial charge on any atom is 0.211 e. The number of nitrogens with one attached hydrogen (secondary N) is 1. The Bertz CT molecular complexity index is 501. The van der Waals surface area contributed by atoms with Gasteiger partial charge in [0.2, 0.25) is 6.41 Å². The summed E-state index contributed by atoms with van der Waals surface area (Å²) in [5.41, 5.74) is -0.0794. The highest BCUT2D eigenvalue weighted by Gasteiger charge is 2.15. The molecule has 0 atom stereocenters. The third-order valence-electron chi connectivity index (χ3n) is 1.64. The first kappa shape index (κ1) is 12.1. The van der Waals surface area contributed by atoms with E-state index >= 15 is 0 Å². The van der Waals surface area contributed by atoms with Crippen LogP contribution < -0.4 is 5.32 Å². The summed E-state index contributed by atoms with van der Waals surface area (Å²) in [6, 6.07) is 2.05. The molecular formula is C8H7BrFNO3S. The smallest absolute Gasteiger partial charge is 0.211 e. The van der Waals surface area contributed by atoms with Crippen LogP contribution >= 0.6 is 15.9 Å². The summed E-state index contributed by atoms with van der Waals surface area (Å²) in [7, 11) is -3.49. The van der Waals surface area contributed by atoms with E-state index in [-0.39, 0.29) is 15.1 Å². The highest BCUT2D eigenvalue weighted by molar-refractivity contribution is 9.10. The van der Waals surface area contributed by atoms with Gasteiger partial charge in [0.05, 0.1) is 10.6 Å². The van der Waals surface area contributed by atoms with Crippen LogP contribution in [0.4, 0.5) is 10.1 Å². The Morgan fingerprint density at radius 3 is 2.53 bits per heavy atom. The molecule has 1 amide bonds. The predicted octanol–water partition coefficient (Wildman–Crippen LogP) is 1.56. The fraction of sp³-hybridized carbons (Fsp3) is 0.125. The van der Waals surface area contributed by atoms with Gasteiger partial charge < -0.3 is 5.32 Å². The first-order valence-corrected chi connectivity index (χ1v) is 6.44. The van der Waals surface area contributed by atoms with Crippen molar-refractivity contribution in [3.63, 3.8) is 0 Å². The van der Waals surface area contributed by atoms with E-state index in [4.69, 9.17) is 0 Å². The molecule has 82 valence electrons. The second kappa shape index (κ2) is 4.28. The first-order valence-electron chi connectivity index (χ1n) is 3.75. The number of halogens is 2. The van der Waals surface area contributed by atoms with Gasteiger partial charge in [-0.1, -0.05) is 0 Å². The number of benzene rings is 1. The molecular weight excluding hydrogens is 289 g/mol. The number of hydrogen-bond acceptors (Lipinski definition) is 3. The number of hydrogen-bond donors (Lipinski definition) is 1. The lowest BCUT2D eigenvalue weighted by Gasteiger charge is -2.06. The van der Waals surface area contributed by atoms with Gasteiger partial charge in [-0.05, 0) is 28.1 Å². The van der Waals surface area contributed by atoms with Crippen molar-refractivity contribution in [2.24, 2.45) is 0 Å². The zero-order chi connectivity index (χ0) is 11.6. The number of carbonyl (C=O) groups excluding carboxylic acids is 1. The minimum Gasteiger partial charge on any atom is -0.326 e. The van der Waals surface area contributed by atoms with E-state index in [2.05, 4.69) is 21.2 Å². The highest BCUT2D eigenvalue weighted by Crippen LogP contribution is 2.27. The Kier molecular flexibility index (Phi) is 3.46. The summed E-state index contributed by atoms with van der Waals surface area (Å²) in [5.74, 6) is -0.800. The number of anilines is 1. The normalized spacial score (nSPS) is 11.1. The average molecular weight is 296 g/mol. The zero-order valence-corrected chi connectivity index (χ0v) is 10.0. The number of sulfone groups is 1. The number of amides is 1. The van der Waals surface area contributed by atoms with Crippen LogP contribution in [0, 0.1) is 5.82 Å². The Labute approximate surface area is 94.5 Å². The van der Waals surface area contributed by atoms with Crippen molar-refractivity contribution in [3.05, 3.63) is 22.4 Å². The molecule has 0 spiro atoms. The van der Waals surface area contributed by atoms with E-state index in [9.17, 15) is 17.6 Å². The summed E-state index contributed by atoms with van der Waals surface area (Å²) < 4.78 is 35.8. The molecule has 0 aliphatic rings. The molecule has 15 heavy (non-hydrogen) atoms. The van der Waals surface area contributed by atoms with E-state index < -0.39 is 15.7 Å². The molecule has 0 aliphatic carbocycles. The van der Waals surface area contributed by atoms with Crippen LogP contribution in [-0.4, -0.2) is 21.1 Å². The molecule has 0 saturated carbocycles. The molecule has 0 heterocycles. The van der Waals surface area contributed by atoms with Crippen molar-refractivity contribution < 1.29 is 17.6 Å². The predicted molar refractivity (Wildman–Crippen MR) is 56.9 cm³/mol. The van der Waals surface area contributed by atoms with Gasteiger partial charge in [-0.3, -0.25) is 4.79 Å². The van der Waals surface area contributed by atoms with Crippen LogP contribution in [0.2, 0.25) is 0 Å². The zero-order valence-electron chi connectivity index (χ0n) is 7.62. The maximum absolute atomic E-state index is 13.2. The molecule has 0 radical (unpaired) electrons. The molecule has 1 aromatic carbocycles. The first-order chi connectivity index (χ1) is 6.86. The second-order valence-electron chi connectivity index (χ2n) is 2.80. The van der Waals surface area contributed by atoms with Crippen molar-refractivity contribution in [2.45, 2.75) is 4.90 Å². The van der Waals surface area contributed by atoms with Gasteiger partial charge >= 0.3 is 0 Å². The van der Waals surface area contributed by atoms with Crippen molar-refractivity contribution in [1.29, 1.82) is 0 Å². The lowest BCUT2D eigenvalue weighted by atomic mass is 10.3. The Hall–Kier alpha value is -0.950. The Morgan fingerprint density at radius 2 is 2.07 bits per heavy atom. The number of carbonyl (C=O) groups is 1. The van der Waals surface area contributed by atoms with Crippen molar-refractivity contribution >= 4 is 37.9 Å². The van der Waals surface area contributed by atoms with E-state index in [1.165, 1.54) is 6.07 Å². The van der Waals surface area contributed by atoms with E-state index in [1.807, 2.05) is 0 Å². The van der Waals surface area contributed by atoms with Crippen LogP contribution in [0.15, 0.2) is 21.5 Å².